The summed E-state index contributed by atoms with van der Waals surface area (Å²) in [6.45, 7) is 4.13. The molecule has 0 radical (unpaired) electrons. The Kier molecular flexibility index (Phi) is 4.50. The first kappa shape index (κ1) is 13.5. The highest BCUT2D eigenvalue weighted by atomic mass is 16.3. The molecule has 19 heavy (non-hydrogen) atoms. The Morgan fingerprint density at radius 2 is 1.95 bits per heavy atom. The first-order valence-corrected chi connectivity index (χ1v) is 6.48. The molecule has 0 aliphatic carbocycles. The fraction of sp³-hybridized carbons (Fsp3) is 0.429. The molecule has 0 unspecified atom stereocenters. The standard InChI is InChI=1S/C14H17N3O2/c15-11-12-1-3-13(4-2-12)14(19)17-7-5-16(6-8-17)9-10-18/h1-4,18H,5-10H2/p+1. The van der Waals surface area contributed by atoms with E-state index in [0.717, 1.165) is 19.6 Å². The average molecular weight is 260 g/mol. The summed E-state index contributed by atoms with van der Waals surface area (Å²) in [6.07, 6.45) is 0. The fourth-order valence-corrected chi connectivity index (χ4v) is 2.30. The van der Waals surface area contributed by atoms with Crippen molar-refractivity contribution in [2.45, 2.75) is 0 Å². The van der Waals surface area contributed by atoms with Crippen LogP contribution < -0.4 is 4.90 Å². The molecule has 1 amide bonds. The first-order chi connectivity index (χ1) is 9.24. The molecule has 0 aromatic heterocycles. The number of nitriles is 1. The van der Waals surface area contributed by atoms with Crippen LogP contribution >= 0.6 is 0 Å². The van der Waals surface area contributed by atoms with Crippen LogP contribution in [0.15, 0.2) is 24.3 Å². The quantitative estimate of drug-likeness (QED) is 0.724. The Labute approximate surface area is 112 Å². The maximum atomic E-state index is 12.2. The Morgan fingerprint density at radius 1 is 1.32 bits per heavy atom. The molecule has 2 N–H and O–H groups in total. The largest absolute Gasteiger partial charge is 0.391 e. The molecule has 1 aromatic carbocycles. The second-order valence-electron chi connectivity index (χ2n) is 4.70. The third-order valence-electron chi connectivity index (χ3n) is 3.48. The number of rotatable bonds is 3. The third-order valence-corrected chi connectivity index (χ3v) is 3.48. The van der Waals surface area contributed by atoms with E-state index in [2.05, 4.69) is 0 Å². The van der Waals surface area contributed by atoms with E-state index in [1.807, 2.05) is 11.0 Å². The number of aliphatic hydroxyl groups is 1. The molecule has 1 aliphatic heterocycles. The van der Waals surface area contributed by atoms with Gasteiger partial charge in [-0.15, -0.1) is 0 Å². The Hall–Kier alpha value is -1.90. The number of carbonyl (C=O) groups excluding carboxylic acids is 1. The van der Waals surface area contributed by atoms with Gasteiger partial charge in [-0.1, -0.05) is 0 Å². The van der Waals surface area contributed by atoms with Gasteiger partial charge in [-0.3, -0.25) is 4.79 Å². The van der Waals surface area contributed by atoms with E-state index in [-0.39, 0.29) is 12.5 Å². The van der Waals surface area contributed by atoms with Crippen LogP contribution in [0.25, 0.3) is 0 Å². The van der Waals surface area contributed by atoms with E-state index in [1.54, 1.807) is 24.3 Å². The summed E-state index contributed by atoms with van der Waals surface area (Å²) in [5, 5.41) is 17.6. The van der Waals surface area contributed by atoms with Gasteiger partial charge >= 0.3 is 0 Å². The number of quaternary nitrogens is 1. The van der Waals surface area contributed by atoms with Crippen LogP contribution in [0.3, 0.4) is 0 Å². The van der Waals surface area contributed by atoms with Crippen molar-refractivity contribution in [2.24, 2.45) is 0 Å². The normalized spacial score (nSPS) is 16.1. The molecule has 2 rings (SSSR count). The molecule has 1 aromatic rings. The zero-order valence-electron chi connectivity index (χ0n) is 10.8. The van der Waals surface area contributed by atoms with E-state index < -0.39 is 0 Å². The Morgan fingerprint density at radius 3 is 2.47 bits per heavy atom. The van der Waals surface area contributed by atoms with Crippen LogP contribution in [-0.2, 0) is 0 Å². The van der Waals surface area contributed by atoms with Crippen LogP contribution in [0, 0.1) is 11.3 Å². The van der Waals surface area contributed by atoms with Crippen molar-refractivity contribution < 1.29 is 14.8 Å². The van der Waals surface area contributed by atoms with Crippen LogP contribution in [-0.4, -0.2) is 55.2 Å². The van der Waals surface area contributed by atoms with Gasteiger partial charge in [0.05, 0.1) is 44.4 Å². The monoisotopic (exact) mass is 260 g/mol. The number of hydrogen-bond acceptors (Lipinski definition) is 3. The summed E-state index contributed by atoms with van der Waals surface area (Å²) in [4.78, 5) is 15.4. The minimum absolute atomic E-state index is 0.0209. The SMILES string of the molecule is N#Cc1ccc(C(=O)N2CC[NH+](CCO)CC2)cc1. The number of nitrogens with one attached hydrogen (secondary N) is 1. The third kappa shape index (κ3) is 3.31. The van der Waals surface area contributed by atoms with Gasteiger partial charge in [0.1, 0.15) is 6.54 Å². The molecule has 100 valence electrons. The zero-order chi connectivity index (χ0) is 13.7. The van der Waals surface area contributed by atoms with Gasteiger partial charge in [0, 0.05) is 5.56 Å². The van der Waals surface area contributed by atoms with Crippen molar-refractivity contribution in [3.05, 3.63) is 35.4 Å². The van der Waals surface area contributed by atoms with Crippen LogP contribution in [0.2, 0.25) is 0 Å². The molecular formula is C14H18N3O2+. The number of nitrogens with zero attached hydrogens (tertiary/aromatic N) is 2. The molecule has 0 spiro atoms. The van der Waals surface area contributed by atoms with Gasteiger partial charge in [-0.2, -0.15) is 5.26 Å². The lowest BCUT2D eigenvalue weighted by Crippen LogP contribution is -3.15. The number of carbonyl (C=O) groups is 1. The summed E-state index contributed by atoms with van der Waals surface area (Å²) >= 11 is 0. The van der Waals surface area contributed by atoms with Crippen molar-refractivity contribution in [1.82, 2.24) is 4.90 Å². The van der Waals surface area contributed by atoms with E-state index in [1.165, 1.54) is 4.90 Å². The Bertz CT molecular complexity index is 470. The van der Waals surface area contributed by atoms with Gasteiger partial charge in [0.25, 0.3) is 5.91 Å². The molecule has 1 saturated heterocycles. The fourth-order valence-electron chi connectivity index (χ4n) is 2.30. The Balaban J connectivity index is 1.95. The van der Waals surface area contributed by atoms with E-state index in [9.17, 15) is 4.79 Å². The highest BCUT2D eigenvalue weighted by Gasteiger charge is 2.23. The molecule has 1 fully saturated rings. The van der Waals surface area contributed by atoms with Gasteiger partial charge in [0.2, 0.25) is 0 Å². The maximum absolute atomic E-state index is 12.2. The molecule has 1 heterocycles. The predicted octanol–water partition coefficient (Wildman–Crippen LogP) is -1.11. The van der Waals surface area contributed by atoms with Gasteiger partial charge in [-0.05, 0) is 24.3 Å². The molecule has 5 heteroatoms. The second-order valence-corrected chi connectivity index (χ2v) is 4.70. The van der Waals surface area contributed by atoms with Gasteiger partial charge in [-0.25, -0.2) is 0 Å². The van der Waals surface area contributed by atoms with Crippen LogP contribution in [0.4, 0.5) is 0 Å². The van der Waals surface area contributed by atoms with E-state index in [0.29, 0.717) is 24.2 Å². The van der Waals surface area contributed by atoms with Crippen LogP contribution in [0.1, 0.15) is 15.9 Å². The summed E-state index contributed by atoms with van der Waals surface area (Å²) < 4.78 is 0. The number of benzene rings is 1. The zero-order valence-corrected chi connectivity index (χ0v) is 10.8. The molecule has 0 bridgehead atoms. The predicted molar refractivity (Wildman–Crippen MR) is 69.7 cm³/mol. The smallest absolute Gasteiger partial charge is 0.254 e. The van der Waals surface area contributed by atoms with E-state index in [4.69, 9.17) is 10.4 Å². The lowest BCUT2D eigenvalue weighted by molar-refractivity contribution is -0.904. The first-order valence-electron chi connectivity index (χ1n) is 6.48. The lowest BCUT2D eigenvalue weighted by Gasteiger charge is -2.31. The highest BCUT2D eigenvalue weighted by Crippen LogP contribution is 2.07. The van der Waals surface area contributed by atoms with Crippen molar-refractivity contribution in [1.29, 1.82) is 5.26 Å². The summed E-state index contributed by atoms with van der Waals surface area (Å²) in [7, 11) is 0. The second kappa shape index (κ2) is 6.32. The molecule has 0 saturated carbocycles. The van der Waals surface area contributed by atoms with Crippen molar-refractivity contribution in [3.63, 3.8) is 0 Å². The molecule has 1 aliphatic rings. The number of amides is 1. The maximum Gasteiger partial charge on any atom is 0.254 e. The highest BCUT2D eigenvalue weighted by molar-refractivity contribution is 5.94. The average Bonchev–Trinajstić information content (AvgIpc) is 2.48. The molecular weight excluding hydrogens is 242 g/mol. The van der Waals surface area contributed by atoms with Crippen molar-refractivity contribution in [3.8, 4) is 6.07 Å². The van der Waals surface area contributed by atoms with E-state index >= 15 is 0 Å². The summed E-state index contributed by atoms with van der Waals surface area (Å²) in [5.41, 5.74) is 1.19. The van der Waals surface area contributed by atoms with Crippen molar-refractivity contribution >= 4 is 5.91 Å². The minimum Gasteiger partial charge on any atom is -0.391 e. The molecule has 5 nitrogen and oxygen atoms in total. The lowest BCUT2D eigenvalue weighted by atomic mass is 10.1. The number of hydrogen-bond donors (Lipinski definition) is 2. The topological polar surface area (TPSA) is 68.8 Å². The number of piperazine rings is 1. The molecule has 0 atom stereocenters. The van der Waals surface area contributed by atoms with Gasteiger partial charge in [0.15, 0.2) is 0 Å². The van der Waals surface area contributed by atoms with Crippen LogP contribution in [0.5, 0.6) is 0 Å². The minimum atomic E-state index is 0.0209. The number of aliphatic hydroxyl groups excluding tert-OH is 1. The van der Waals surface area contributed by atoms with Gasteiger partial charge < -0.3 is 14.9 Å². The summed E-state index contributed by atoms with van der Waals surface area (Å²) in [6, 6.07) is 8.78. The summed E-state index contributed by atoms with van der Waals surface area (Å²) in [5.74, 6) is 0.0209. The van der Waals surface area contributed by atoms with Crippen molar-refractivity contribution in [2.75, 3.05) is 39.3 Å².